The van der Waals surface area contributed by atoms with E-state index in [1.54, 1.807) is 11.0 Å². The van der Waals surface area contributed by atoms with Gasteiger partial charge in [-0.2, -0.15) is 13.2 Å². The molecule has 0 radical (unpaired) electrons. The molecular weight excluding hydrogens is 642 g/mol. The largest absolute Gasteiger partial charge is 0.506 e. The number of benzene rings is 2. The van der Waals surface area contributed by atoms with Crippen LogP contribution in [0.4, 0.5) is 13.2 Å². The minimum Gasteiger partial charge on any atom is -0.506 e. The standard InChI is InChI=1S/C32H35F3N4O5S2/c33-32(34,35)29-36-23(18-45-29)28(42)39-14-15-44-31(19-39)10-12-38(13-11-31)17-21-6-3-5-20(16-21)4-1-2-7-24(40)22-8-9-25(41)26-27(22)46-30(43)37-26/h3,5-6,8-9,16,18,24,40-41H,1-2,4,7,10-15,17,19H2,(H,37,43)/t24-/m0/s1. The zero-order chi connectivity index (χ0) is 32.5. The number of aromatic hydroxyl groups is 1. The minimum absolute atomic E-state index is 0.00473. The number of phenols is 1. The highest BCUT2D eigenvalue weighted by Crippen LogP contribution is 2.35. The molecule has 2 aromatic heterocycles. The number of aromatic nitrogens is 2. The van der Waals surface area contributed by atoms with Crippen molar-refractivity contribution in [3.8, 4) is 5.75 Å². The zero-order valence-electron chi connectivity index (χ0n) is 25.0. The number of aryl methyl sites for hydroxylation is 1. The topological polar surface area (TPSA) is 119 Å². The highest BCUT2D eigenvalue weighted by atomic mass is 32.1. The second kappa shape index (κ2) is 13.4. The van der Waals surface area contributed by atoms with E-state index < -0.39 is 28.8 Å². The van der Waals surface area contributed by atoms with Crippen LogP contribution < -0.4 is 4.87 Å². The van der Waals surface area contributed by atoms with E-state index >= 15 is 0 Å². The summed E-state index contributed by atoms with van der Waals surface area (Å²) in [5.41, 5.74) is 2.76. The number of aliphatic hydroxyl groups is 1. The van der Waals surface area contributed by atoms with Crippen molar-refractivity contribution in [1.29, 1.82) is 0 Å². The Balaban J connectivity index is 0.969. The van der Waals surface area contributed by atoms with Crippen molar-refractivity contribution in [3.63, 3.8) is 0 Å². The van der Waals surface area contributed by atoms with E-state index in [-0.39, 0.29) is 16.3 Å². The summed E-state index contributed by atoms with van der Waals surface area (Å²) in [5.74, 6) is -0.491. The lowest BCUT2D eigenvalue weighted by Gasteiger charge is -2.47. The first-order valence-corrected chi connectivity index (χ1v) is 17.0. The van der Waals surface area contributed by atoms with Crippen LogP contribution in [0, 0.1) is 0 Å². The van der Waals surface area contributed by atoms with Gasteiger partial charge >= 0.3 is 11.0 Å². The molecule has 6 rings (SSSR count). The number of carbonyl (C=O) groups is 1. The van der Waals surface area contributed by atoms with Gasteiger partial charge in [0.2, 0.25) is 0 Å². The zero-order valence-corrected chi connectivity index (χ0v) is 26.6. The highest BCUT2D eigenvalue weighted by Gasteiger charge is 2.42. The summed E-state index contributed by atoms with van der Waals surface area (Å²) in [6.07, 6.45) is -0.750. The van der Waals surface area contributed by atoms with Crippen LogP contribution in [0.5, 0.6) is 5.75 Å². The molecule has 4 heterocycles. The van der Waals surface area contributed by atoms with Gasteiger partial charge in [0.1, 0.15) is 17.0 Å². The first-order valence-electron chi connectivity index (χ1n) is 15.3. The molecule has 1 atom stereocenters. The number of piperidine rings is 1. The maximum absolute atomic E-state index is 13.0. The monoisotopic (exact) mass is 676 g/mol. The molecule has 0 unspecified atom stereocenters. The molecule has 2 aromatic carbocycles. The molecule has 1 spiro atoms. The van der Waals surface area contributed by atoms with Crippen LogP contribution in [0.3, 0.4) is 0 Å². The molecule has 2 saturated heterocycles. The van der Waals surface area contributed by atoms with Crippen molar-refractivity contribution in [1.82, 2.24) is 19.8 Å². The molecule has 3 N–H and O–H groups in total. The average Bonchev–Trinajstić information content (AvgIpc) is 3.69. The smallest absolute Gasteiger partial charge is 0.443 e. The molecule has 0 saturated carbocycles. The number of halogens is 3. The number of morpholine rings is 1. The van der Waals surface area contributed by atoms with E-state index in [0.717, 1.165) is 63.1 Å². The number of unbranched alkanes of at least 4 members (excludes halogenated alkanes) is 1. The summed E-state index contributed by atoms with van der Waals surface area (Å²) in [5, 5.41) is 21.0. The maximum atomic E-state index is 13.0. The third-order valence-electron chi connectivity index (χ3n) is 8.81. The number of hydrogen-bond acceptors (Lipinski definition) is 9. The highest BCUT2D eigenvalue weighted by molar-refractivity contribution is 7.16. The molecule has 2 aliphatic heterocycles. The number of aliphatic hydroxyl groups excluding tert-OH is 1. The predicted octanol–water partition coefficient (Wildman–Crippen LogP) is 5.72. The fraction of sp³-hybridized carbons (Fsp3) is 0.469. The van der Waals surface area contributed by atoms with E-state index in [9.17, 15) is 33.0 Å². The van der Waals surface area contributed by atoms with Gasteiger partial charge in [-0.1, -0.05) is 48.1 Å². The molecule has 0 aliphatic carbocycles. The van der Waals surface area contributed by atoms with Crippen molar-refractivity contribution in [2.45, 2.75) is 63.0 Å². The fourth-order valence-electron chi connectivity index (χ4n) is 6.37. The van der Waals surface area contributed by atoms with E-state index in [1.165, 1.54) is 22.6 Å². The number of carbonyl (C=O) groups excluding carboxylic acids is 1. The molecule has 14 heteroatoms. The number of aromatic amines is 1. The number of nitrogens with zero attached hydrogens (tertiary/aromatic N) is 3. The van der Waals surface area contributed by atoms with Crippen LogP contribution in [-0.2, 0) is 23.9 Å². The summed E-state index contributed by atoms with van der Waals surface area (Å²) < 4.78 is 45.7. The third kappa shape index (κ3) is 7.31. The molecular formula is C32H35F3N4O5S2. The van der Waals surface area contributed by atoms with E-state index in [1.807, 2.05) is 0 Å². The van der Waals surface area contributed by atoms with Crippen LogP contribution in [0.25, 0.3) is 10.2 Å². The van der Waals surface area contributed by atoms with E-state index in [0.29, 0.717) is 53.2 Å². The van der Waals surface area contributed by atoms with Crippen molar-refractivity contribution in [3.05, 3.63) is 78.8 Å². The second-order valence-electron chi connectivity index (χ2n) is 12.0. The quantitative estimate of drug-likeness (QED) is 0.194. The second-order valence-corrected chi connectivity index (χ2v) is 13.9. The lowest BCUT2D eigenvalue weighted by molar-refractivity contribution is -0.137. The first kappa shape index (κ1) is 32.6. The van der Waals surface area contributed by atoms with Gasteiger partial charge in [0.05, 0.1) is 29.6 Å². The van der Waals surface area contributed by atoms with Gasteiger partial charge < -0.3 is 24.8 Å². The van der Waals surface area contributed by atoms with Crippen LogP contribution in [0.1, 0.15) is 70.4 Å². The summed E-state index contributed by atoms with van der Waals surface area (Å²) >= 11 is 1.43. The first-order chi connectivity index (χ1) is 22.0. The Kier molecular flexibility index (Phi) is 9.53. The van der Waals surface area contributed by atoms with Crippen LogP contribution in [0.2, 0.25) is 0 Å². The van der Waals surface area contributed by atoms with Gasteiger partial charge in [-0.25, -0.2) is 4.98 Å². The fourth-order valence-corrected chi connectivity index (χ4v) is 7.95. The van der Waals surface area contributed by atoms with Gasteiger partial charge in [0, 0.05) is 37.1 Å². The third-order valence-corrected chi connectivity index (χ3v) is 10.6. The lowest BCUT2D eigenvalue weighted by Crippen LogP contribution is -2.58. The molecule has 46 heavy (non-hydrogen) atoms. The van der Waals surface area contributed by atoms with Gasteiger partial charge in [-0.15, -0.1) is 11.3 Å². The van der Waals surface area contributed by atoms with Crippen LogP contribution in [-0.4, -0.2) is 74.3 Å². The number of alkyl halides is 3. The SMILES string of the molecule is O=C(c1csc(C(F)(F)F)n1)N1CCOC2(CCN(Cc3cccc(CCCC[C@H](O)c4ccc(O)c5[nH]c(=O)sc45)c3)CC2)C1. The Morgan fingerprint density at radius 1 is 1.13 bits per heavy atom. The Morgan fingerprint density at radius 2 is 1.91 bits per heavy atom. The Bertz CT molecular complexity index is 1750. The van der Waals surface area contributed by atoms with Gasteiger partial charge in [-0.3, -0.25) is 14.5 Å². The van der Waals surface area contributed by atoms with Gasteiger partial charge in [-0.05, 0) is 49.3 Å². The summed E-state index contributed by atoms with van der Waals surface area (Å²) in [6.45, 7) is 3.34. The van der Waals surface area contributed by atoms with Crippen LogP contribution in [0.15, 0.2) is 46.6 Å². The Morgan fingerprint density at radius 3 is 2.67 bits per heavy atom. The molecule has 1 amide bonds. The van der Waals surface area contributed by atoms with E-state index in [4.69, 9.17) is 4.74 Å². The minimum atomic E-state index is -4.57. The lowest BCUT2D eigenvalue weighted by atomic mass is 9.89. The molecule has 246 valence electrons. The Hall–Kier alpha value is -3.30. The van der Waals surface area contributed by atoms with Gasteiger partial charge in [0.25, 0.3) is 5.91 Å². The summed E-state index contributed by atoms with van der Waals surface area (Å²) in [7, 11) is 0. The number of ether oxygens (including phenoxy) is 1. The van der Waals surface area contributed by atoms with Crippen molar-refractivity contribution in [2.75, 3.05) is 32.8 Å². The molecule has 0 bridgehead atoms. The molecule has 2 fully saturated rings. The Labute approximate surface area is 271 Å². The van der Waals surface area contributed by atoms with Crippen molar-refractivity contribution in [2.24, 2.45) is 0 Å². The van der Waals surface area contributed by atoms with E-state index in [2.05, 4.69) is 39.1 Å². The number of H-pyrrole nitrogens is 1. The number of hydrogen-bond donors (Lipinski definition) is 3. The molecule has 2 aliphatic rings. The number of likely N-dealkylation sites (tertiary alicyclic amines) is 1. The maximum Gasteiger partial charge on any atom is 0.443 e. The molecule has 9 nitrogen and oxygen atoms in total. The van der Waals surface area contributed by atoms with Crippen molar-refractivity contribution < 1.29 is 32.9 Å². The van der Waals surface area contributed by atoms with Crippen molar-refractivity contribution >= 4 is 38.8 Å². The summed E-state index contributed by atoms with van der Waals surface area (Å²) in [6, 6.07) is 11.7. The van der Waals surface area contributed by atoms with Gasteiger partial charge in [0.15, 0.2) is 5.01 Å². The molecule has 4 aromatic rings. The number of phenolic OH excluding ortho intramolecular Hbond substituents is 1. The number of thiazole rings is 2. The normalized spacial score (nSPS) is 18.0. The predicted molar refractivity (Wildman–Crippen MR) is 169 cm³/mol. The number of rotatable bonds is 9. The number of fused-ring (bicyclic) bond motifs is 1. The number of nitrogens with one attached hydrogen (secondary N) is 1. The summed E-state index contributed by atoms with van der Waals surface area (Å²) in [4.78, 5) is 34.6. The number of amides is 1. The van der Waals surface area contributed by atoms with Crippen LogP contribution >= 0.6 is 22.7 Å². The average molecular weight is 677 g/mol.